The van der Waals surface area contributed by atoms with Gasteiger partial charge < -0.3 is 10.6 Å². The van der Waals surface area contributed by atoms with E-state index in [0.717, 1.165) is 5.56 Å². The molecule has 1 rings (SSSR count). The van der Waals surface area contributed by atoms with Gasteiger partial charge in [0.1, 0.15) is 0 Å². The van der Waals surface area contributed by atoms with Crippen molar-refractivity contribution >= 4 is 11.6 Å². The van der Waals surface area contributed by atoms with Gasteiger partial charge in [0, 0.05) is 5.02 Å². The molecule has 56 valence electrons. The Bertz CT molecular complexity index is 201. The fourth-order valence-electron chi connectivity index (χ4n) is 0.627. The van der Waals surface area contributed by atoms with Crippen LogP contribution in [0.1, 0.15) is 5.56 Å². The molecule has 1 aromatic rings. The van der Waals surface area contributed by atoms with Gasteiger partial charge in [-0.3, -0.25) is 0 Å². The molecule has 0 amide bonds. The topological polar surface area (TPSA) is 51.7 Å². The summed E-state index contributed by atoms with van der Waals surface area (Å²) in [6.45, 7) is 0.0136. The number of hydrogen-bond donors (Lipinski definition) is 1. The number of aliphatic hydroxyl groups excluding tert-OH is 1. The molecule has 0 aromatic heterocycles. The van der Waals surface area contributed by atoms with E-state index in [1.54, 1.807) is 12.1 Å². The zero-order valence-corrected chi connectivity index (χ0v) is 6.10. The smallest absolute Gasteiger partial charge is 0.0696 e. The van der Waals surface area contributed by atoms with Crippen LogP contribution < -0.4 is 0 Å². The molecule has 3 heteroatoms. The van der Waals surface area contributed by atoms with Crippen LogP contribution in [0.2, 0.25) is 5.02 Å². The lowest BCUT2D eigenvalue weighted by Gasteiger charge is -1.95. The number of benzene rings is 1. The van der Waals surface area contributed by atoms with Crippen LogP contribution in [0.3, 0.4) is 0 Å². The molecule has 10 heavy (non-hydrogen) atoms. The lowest BCUT2D eigenvalue weighted by atomic mass is 10.2. The van der Waals surface area contributed by atoms with Gasteiger partial charge >= 0.3 is 0 Å². The predicted octanol–water partition coefficient (Wildman–Crippen LogP) is 1.01. The van der Waals surface area contributed by atoms with Crippen molar-refractivity contribution < 1.29 is 10.6 Å². The second kappa shape index (κ2) is 4.28. The number of halogens is 1. The first-order chi connectivity index (χ1) is 4.34. The van der Waals surface area contributed by atoms with Crippen molar-refractivity contribution in [3.63, 3.8) is 0 Å². The third kappa shape index (κ3) is 1.99. The average molecular weight is 161 g/mol. The molecule has 0 bridgehead atoms. The third-order valence-corrected chi connectivity index (χ3v) is 1.50. The van der Waals surface area contributed by atoms with Gasteiger partial charge in [-0.1, -0.05) is 29.8 Å². The monoisotopic (exact) mass is 160 g/mol. The summed E-state index contributed by atoms with van der Waals surface area (Å²) >= 11 is 5.66. The van der Waals surface area contributed by atoms with Crippen LogP contribution in [0.25, 0.3) is 0 Å². The summed E-state index contributed by atoms with van der Waals surface area (Å²) in [5.74, 6) is 0. The molecule has 0 radical (unpaired) electrons. The quantitative estimate of drug-likeness (QED) is 0.655. The van der Waals surface area contributed by atoms with Gasteiger partial charge in [-0.15, -0.1) is 0 Å². The molecule has 0 fully saturated rings. The molecule has 0 saturated heterocycles. The fraction of sp³-hybridized carbons (Fsp3) is 0.143. The van der Waals surface area contributed by atoms with Gasteiger partial charge in [-0.2, -0.15) is 0 Å². The summed E-state index contributed by atoms with van der Waals surface area (Å²) in [6.07, 6.45) is 0. The summed E-state index contributed by atoms with van der Waals surface area (Å²) in [6, 6.07) is 7.23. The minimum atomic E-state index is 0. The van der Waals surface area contributed by atoms with E-state index in [0.29, 0.717) is 5.02 Å². The van der Waals surface area contributed by atoms with E-state index < -0.39 is 0 Å². The highest BCUT2D eigenvalue weighted by Crippen LogP contribution is 2.13. The Labute approximate surface area is 64.4 Å². The molecule has 0 spiro atoms. The normalized spacial score (nSPS) is 8.60. The summed E-state index contributed by atoms with van der Waals surface area (Å²) in [4.78, 5) is 0. The average Bonchev–Trinajstić information content (AvgIpc) is 1.89. The van der Waals surface area contributed by atoms with E-state index in [-0.39, 0.29) is 12.1 Å². The van der Waals surface area contributed by atoms with Crippen LogP contribution in [-0.2, 0) is 6.61 Å². The highest BCUT2D eigenvalue weighted by molar-refractivity contribution is 6.31. The first kappa shape index (κ1) is 9.43. The Morgan fingerprint density at radius 2 is 1.90 bits per heavy atom. The number of hydrogen-bond acceptors (Lipinski definition) is 1. The van der Waals surface area contributed by atoms with E-state index in [1.165, 1.54) is 0 Å². The van der Waals surface area contributed by atoms with Crippen LogP contribution in [-0.4, -0.2) is 10.6 Å². The van der Waals surface area contributed by atoms with Crippen molar-refractivity contribution in [1.29, 1.82) is 0 Å². The number of rotatable bonds is 1. The van der Waals surface area contributed by atoms with Crippen LogP contribution in [0.5, 0.6) is 0 Å². The lowest BCUT2D eigenvalue weighted by Crippen LogP contribution is -1.81. The highest BCUT2D eigenvalue weighted by Gasteiger charge is 1.92. The predicted molar refractivity (Wildman–Crippen MR) is 41.0 cm³/mol. The molecule has 0 heterocycles. The maximum atomic E-state index is 8.63. The Morgan fingerprint density at radius 3 is 2.30 bits per heavy atom. The van der Waals surface area contributed by atoms with Crippen LogP contribution in [0.4, 0.5) is 0 Å². The number of aliphatic hydroxyl groups is 1. The van der Waals surface area contributed by atoms with Crippen molar-refractivity contribution in [1.82, 2.24) is 0 Å². The molecule has 0 aliphatic heterocycles. The van der Waals surface area contributed by atoms with Crippen LogP contribution >= 0.6 is 11.6 Å². The van der Waals surface area contributed by atoms with Gasteiger partial charge in [0.2, 0.25) is 0 Å². The van der Waals surface area contributed by atoms with Gasteiger partial charge in [0.15, 0.2) is 0 Å². The minimum absolute atomic E-state index is 0. The van der Waals surface area contributed by atoms with Crippen molar-refractivity contribution in [3.8, 4) is 0 Å². The Balaban J connectivity index is 0.000000810. The van der Waals surface area contributed by atoms with Gasteiger partial charge in [-0.25, -0.2) is 0 Å². The second-order valence-electron chi connectivity index (χ2n) is 1.75. The molecular formula is C7H9ClO2. The molecular weight excluding hydrogens is 152 g/mol. The van der Waals surface area contributed by atoms with Crippen LogP contribution in [0, 0.1) is 0 Å². The maximum absolute atomic E-state index is 8.63. The zero-order chi connectivity index (χ0) is 6.69. The van der Waals surface area contributed by atoms with Crippen molar-refractivity contribution in [2.45, 2.75) is 6.61 Å². The molecule has 0 unspecified atom stereocenters. The van der Waals surface area contributed by atoms with E-state index in [1.807, 2.05) is 12.1 Å². The van der Waals surface area contributed by atoms with Gasteiger partial charge in [-0.05, 0) is 11.6 Å². The first-order valence-electron chi connectivity index (χ1n) is 2.69. The Morgan fingerprint density at radius 1 is 1.30 bits per heavy atom. The molecule has 0 aliphatic rings. The fourth-order valence-corrected chi connectivity index (χ4v) is 0.822. The Hall–Kier alpha value is -0.570. The second-order valence-corrected chi connectivity index (χ2v) is 2.16. The molecule has 3 N–H and O–H groups in total. The zero-order valence-electron chi connectivity index (χ0n) is 5.34. The van der Waals surface area contributed by atoms with E-state index in [2.05, 4.69) is 0 Å². The standard InChI is InChI=1S/C7H7ClO.H2O/c8-7-4-2-1-3-6(7)5-9;/h1-4,9H,5H2;1H2. The van der Waals surface area contributed by atoms with Crippen molar-refractivity contribution in [2.75, 3.05) is 0 Å². The Kier molecular flexibility index (Phi) is 4.03. The first-order valence-corrected chi connectivity index (χ1v) is 3.06. The minimum Gasteiger partial charge on any atom is -0.412 e. The summed E-state index contributed by atoms with van der Waals surface area (Å²) in [7, 11) is 0. The summed E-state index contributed by atoms with van der Waals surface area (Å²) < 4.78 is 0. The third-order valence-electron chi connectivity index (χ3n) is 1.13. The van der Waals surface area contributed by atoms with E-state index in [4.69, 9.17) is 16.7 Å². The molecule has 0 aliphatic carbocycles. The van der Waals surface area contributed by atoms with Crippen molar-refractivity contribution in [2.24, 2.45) is 0 Å². The summed E-state index contributed by atoms with van der Waals surface area (Å²) in [5, 5.41) is 9.26. The molecule has 0 saturated carbocycles. The SMILES string of the molecule is O.OCc1ccccc1Cl. The van der Waals surface area contributed by atoms with Crippen molar-refractivity contribution in [3.05, 3.63) is 34.9 Å². The van der Waals surface area contributed by atoms with Gasteiger partial charge in [0.25, 0.3) is 0 Å². The molecule has 0 atom stereocenters. The van der Waals surface area contributed by atoms with E-state index in [9.17, 15) is 0 Å². The van der Waals surface area contributed by atoms with Gasteiger partial charge in [0.05, 0.1) is 6.61 Å². The lowest BCUT2D eigenvalue weighted by molar-refractivity contribution is 0.282. The van der Waals surface area contributed by atoms with Crippen LogP contribution in [0.15, 0.2) is 24.3 Å². The summed E-state index contributed by atoms with van der Waals surface area (Å²) in [5.41, 5.74) is 0.777. The maximum Gasteiger partial charge on any atom is 0.0696 e. The largest absolute Gasteiger partial charge is 0.412 e. The molecule has 2 nitrogen and oxygen atoms in total. The van der Waals surface area contributed by atoms with E-state index >= 15 is 0 Å². The highest BCUT2D eigenvalue weighted by atomic mass is 35.5. The molecule has 1 aromatic carbocycles.